The van der Waals surface area contributed by atoms with E-state index < -0.39 is 22.4 Å². The molecule has 4 rings (SSSR count). The second-order valence-electron chi connectivity index (χ2n) is 6.77. The maximum Gasteiger partial charge on any atom is 0.233 e. The molecule has 0 spiro atoms. The van der Waals surface area contributed by atoms with Crippen molar-refractivity contribution in [1.29, 1.82) is 0 Å². The van der Waals surface area contributed by atoms with Crippen molar-refractivity contribution >= 4 is 58.5 Å². The summed E-state index contributed by atoms with van der Waals surface area (Å²) >= 11 is 15.0. The van der Waals surface area contributed by atoms with E-state index in [9.17, 15) is 18.4 Å². The van der Waals surface area contributed by atoms with Crippen molar-refractivity contribution in [3.63, 3.8) is 0 Å². The number of nitrogens with zero attached hydrogens (tertiary/aromatic N) is 2. The standard InChI is InChI=1S/C20H16Cl2F2N2O2S2/c21-11-3-1-5-13(23)17(11)19-25(15(27)9-29-19)7-8-26-16(28)10-30-20(26)18-12(22)4-2-6-14(18)24/h1-6,19-20H,7-10H2/t19-,20-/m1/s1. The molecule has 2 amide bonds. The Kier molecular flexibility index (Phi) is 6.48. The van der Waals surface area contributed by atoms with Crippen LogP contribution in [0.3, 0.4) is 0 Å². The number of rotatable bonds is 5. The Balaban J connectivity index is 1.56. The van der Waals surface area contributed by atoms with Crippen LogP contribution in [0.4, 0.5) is 8.78 Å². The highest BCUT2D eigenvalue weighted by molar-refractivity contribution is 8.00. The SMILES string of the molecule is O=C1CS[C@H](c2c(F)cccc2Cl)N1CCN1C(=O)CS[C@@H]1c1c(F)cccc1Cl. The van der Waals surface area contributed by atoms with Crippen LogP contribution in [0.2, 0.25) is 10.0 Å². The molecule has 0 N–H and O–H groups in total. The molecule has 0 bridgehead atoms. The van der Waals surface area contributed by atoms with E-state index in [1.165, 1.54) is 57.6 Å². The Bertz CT molecular complexity index is 891. The lowest BCUT2D eigenvalue weighted by Crippen LogP contribution is -2.39. The van der Waals surface area contributed by atoms with Crippen molar-refractivity contribution in [2.75, 3.05) is 24.6 Å². The first-order valence-corrected chi connectivity index (χ1v) is 11.9. The molecule has 2 heterocycles. The van der Waals surface area contributed by atoms with E-state index in [1.54, 1.807) is 12.1 Å². The largest absolute Gasteiger partial charge is 0.324 e. The Labute approximate surface area is 190 Å². The van der Waals surface area contributed by atoms with Gasteiger partial charge in [-0.2, -0.15) is 0 Å². The molecular formula is C20H16Cl2F2N2O2S2. The van der Waals surface area contributed by atoms with Gasteiger partial charge in [-0.05, 0) is 24.3 Å². The third-order valence-electron chi connectivity index (χ3n) is 5.01. The van der Waals surface area contributed by atoms with Crippen molar-refractivity contribution in [2.45, 2.75) is 10.7 Å². The minimum absolute atomic E-state index is 0.163. The average Bonchev–Trinajstić information content (AvgIpc) is 3.23. The molecule has 2 aromatic rings. The summed E-state index contributed by atoms with van der Waals surface area (Å²) in [5.74, 6) is -0.901. The molecule has 2 aliphatic heterocycles. The van der Waals surface area contributed by atoms with Crippen LogP contribution < -0.4 is 0 Å². The van der Waals surface area contributed by atoms with Gasteiger partial charge in [-0.3, -0.25) is 9.59 Å². The van der Waals surface area contributed by atoms with Crippen LogP contribution in [0.15, 0.2) is 36.4 Å². The first kappa shape index (κ1) is 21.7. The molecule has 0 saturated carbocycles. The summed E-state index contributed by atoms with van der Waals surface area (Å²) in [6.07, 6.45) is 0. The molecular weight excluding hydrogens is 473 g/mol. The third kappa shape index (κ3) is 4.02. The van der Waals surface area contributed by atoms with Gasteiger partial charge in [-0.1, -0.05) is 35.3 Å². The molecule has 2 saturated heterocycles. The number of hydrogen-bond acceptors (Lipinski definition) is 4. The predicted octanol–water partition coefficient (Wildman–Crippen LogP) is 5.12. The summed E-state index contributed by atoms with van der Waals surface area (Å²) in [5.41, 5.74) is 0.511. The number of carbonyl (C=O) groups is 2. The zero-order chi connectivity index (χ0) is 21.4. The molecule has 10 heteroatoms. The van der Waals surface area contributed by atoms with E-state index in [0.717, 1.165) is 0 Å². The molecule has 2 aliphatic rings. The highest BCUT2D eigenvalue weighted by Crippen LogP contribution is 2.45. The summed E-state index contributed by atoms with van der Waals surface area (Å²) in [6.45, 7) is 0.353. The van der Waals surface area contributed by atoms with Crippen molar-refractivity contribution in [1.82, 2.24) is 9.80 Å². The van der Waals surface area contributed by atoms with Crippen molar-refractivity contribution < 1.29 is 18.4 Å². The highest BCUT2D eigenvalue weighted by Gasteiger charge is 2.39. The molecule has 2 atom stereocenters. The smallest absolute Gasteiger partial charge is 0.233 e. The molecule has 0 aliphatic carbocycles. The summed E-state index contributed by atoms with van der Waals surface area (Å²) in [4.78, 5) is 28.0. The van der Waals surface area contributed by atoms with Gasteiger partial charge in [0.2, 0.25) is 11.8 Å². The molecule has 4 nitrogen and oxygen atoms in total. The van der Waals surface area contributed by atoms with Crippen molar-refractivity contribution in [2.24, 2.45) is 0 Å². The topological polar surface area (TPSA) is 40.6 Å². The van der Waals surface area contributed by atoms with E-state index in [0.29, 0.717) is 0 Å². The Hall–Kier alpha value is -1.48. The lowest BCUT2D eigenvalue weighted by molar-refractivity contribution is -0.132. The van der Waals surface area contributed by atoms with E-state index in [-0.39, 0.29) is 57.6 Å². The Morgan fingerprint density at radius 1 is 0.800 bits per heavy atom. The summed E-state index contributed by atoms with van der Waals surface area (Å²) < 4.78 is 28.8. The molecule has 30 heavy (non-hydrogen) atoms. The van der Waals surface area contributed by atoms with Crippen LogP contribution in [0.5, 0.6) is 0 Å². The summed E-state index contributed by atoms with van der Waals surface area (Å²) in [5, 5.41) is -0.661. The number of carbonyl (C=O) groups excluding carboxylic acids is 2. The van der Waals surface area contributed by atoms with Crippen LogP contribution >= 0.6 is 46.7 Å². The number of halogens is 4. The van der Waals surface area contributed by atoms with Gasteiger partial charge in [0.05, 0.1) is 11.5 Å². The monoisotopic (exact) mass is 488 g/mol. The lowest BCUT2D eigenvalue weighted by Gasteiger charge is -2.30. The number of amides is 2. The van der Waals surface area contributed by atoms with E-state index in [2.05, 4.69) is 0 Å². The first-order valence-electron chi connectivity index (χ1n) is 9.08. The number of benzene rings is 2. The molecule has 0 unspecified atom stereocenters. The van der Waals surface area contributed by atoms with E-state index in [4.69, 9.17) is 23.2 Å². The molecule has 2 aromatic carbocycles. The fourth-order valence-corrected chi connectivity index (χ4v) is 6.79. The van der Waals surface area contributed by atoms with E-state index >= 15 is 0 Å². The molecule has 0 aromatic heterocycles. The van der Waals surface area contributed by atoms with Crippen LogP contribution in [0, 0.1) is 11.6 Å². The fraction of sp³-hybridized carbons (Fsp3) is 0.300. The fourth-order valence-electron chi connectivity index (χ4n) is 3.58. The van der Waals surface area contributed by atoms with Crippen LogP contribution in [0.1, 0.15) is 21.9 Å². The summed E-state index contributed by atoms with van der Waals surface area (Å²) in [7, 11) is 0. The van der Waals surface area contributed by atoms with Crippen LogP contribution in [0.25, 0.3) is 0 Å². The molecule has 2 fully saturated rings. The minimum atomic E-state index is -0.577. The van der Waals surface area contributed by atoms with Gasteiger partial charge in [0.15, 0.2) is 0 Å². The molecule has 0 radical (unpaired) electrons. The van der Waals surface area contributed by atoms with Crippen LogP contribution in [-0.4, -0.2) is 46.2 Å². The van der Waals surface area contributed by atoms with Gasteiger partial charge in [-0.25, -0.2) is 8.78 Å². The predicted molar refractivity (Wildman–Crippen MR) is 117 cm³/mol. The van der Waals surface area contributed by atoms with Crippen molar-refractivity contribution in [3.05, 3.63) is 69.2 Å². The maximum atomic E-state index is 14.4. The maximum absolute atomic E-state index is 14.4. The number of hydrogen-bond donors (Lipinski definition) is 0. The van der Waals surface area contributed by atoms with Crippen LogP contribution in [-0.2, 0) is 9.59 Å². The average molecular weight is 489 g/mol. The first-order chi connectivity index (χ1) is 14.4. The minimum Gasteiger partial charge on any atom is -0.324 e. The van der Waals surface area contributed by atoms with Gasteiger partial charge >= 0.3 is 0 Å². The number of thioether (sulfide) groups is 2. The zero-order valence-electron chi connectivity index (χ0n) is 15.5. The van der Waals surface area contributed by atoms with Gasteiger partial charge in [0, 0.05) is 34.3 Å². The van der Waals surface area contributed by atoms with E-state index in [1.807, 2.05) is 0 Å². The lowest BCUT2D eigenvalue weighted by atomic mass is 10.1. The Morgan fingerprint density at radius 2 is 1.20 bits per heavy atom. The third-order valence-corrected chi connectivity index (χ3v) is 8.11. The second kappa shape index (κ2) is 8.94. The summed E-state index contributed by atoms with van der Waals surface area (Å²) in [6, 6.07) is 8.79. The second-order valence-corrected chi connectivity index (χ2v) is 9.72. The van der Waals surface area contributed by atoms with Gasteiger partial charge < -0.3 is 9.80 Å². The Morgan fingerprint density at radius 3 is 1.57 bits per heavy atom. The zero-order valence-corrected chi connectivity index (χ0v) is 18.6. The van der Waals surface area contributed by atoms with Gasteiger partial charge in [0.1, 0.15) is 22.4 Å². The van der Waals surface area contributed by atoms with Gasteiger partial charge in [0.25, 0.3) is 0 Å². The normalized spacial score (nSPS) is 21.7. The highest BCUT2D eigenvalue weighted by atomic mass is 35.5. The van der Waals surface area contributed by atoms with Gasteiger partial charge in [-0.15, -0.1) is 23.5 Å². The molecule has 158 valence electrons. The van der Waals surface area contributed by atoms with Crippen molar-refractivity contribution in [3.8, 4) is 0 Å². The quantitative estimate of drug-likeness (QED) is 0.585.